The van der Waals surface area contributed by atoms with Crippen molar-refractivity contribution in [2.75, 3.05) is 0 Å². The molecule has 0 nitrogen and oxygen atoms in total. The summed E-state index contributed by atoms with van der Waals surface area (Å²) in [4.78, 5) is 1.93. The molecule has 0 aliphatic rings. The van der Waals surface area contributed by atoms with Crippen LogP contribution < -0.4 is 0 Å². The molecule has 0 saturated heterocycles. The molecule has 0 aromatic heterocycles. The van der Waals surface area contributed by atoms with Crippen LogP contribution in [0.5, 0.6) is 0 Å². The maximum atomic E-state index is 3.22. The first-order valence-electron chi connectivity index (χ1n) is 3.02. The van der Waals surface area contributed by atoms with Crippen LogP contribution in [0.1, 0.15) is 26.7 Å². The van der Waals surface area contributed by atoms with Crippen molar-refractivity contribution in [1.29, 1.82) is 0 Å². The molecule has 0 radical (unpaired) electrons. The van der Waals surface area contributed by atoms with Crippen molar-refractivity contribution in [3.8, 4) is 0 Å². The molecule has 48 valence electrons. The van der Waals surface area contributed by atoms with Gasteiger partial charge in [0.15, 0.2) is 0 Å². The Morgan fingerprint density at radius 1 is 1.50 bits per heavy atom. The van der Waals surface area contributed by atoms with Gasteiger partial charge in [0, 0.05) is 0 Å². The fraction of sp³-hybridized carbons (Fsp3) is 0.714. The second kappa shape index (κ2) is 5.36. The minimum absolute atomic E-state index is 0.832. The number of rotatable bonds is 3. The van der Waals surface area contributed by atoms with E-state index in [1.165, 1.54) is 12.8 Å². The van der Waals surface area contributed by atoms with Crippen LogP contribution in [0.3, 0.4) is 0 Å². The SMILES string of the molecule is CC(C)CC/C=C/Br. The largest absolute Gasteiger partial charge is 0.0776 e. The van der Waals surface area contributed by atoms with Gasteiger partial charge < -0.3 is 0 Å². The first-order valence-corrected chi connectivity index (χ1v) is 3.94. The summed E-state index contributed by atoms with van der Waals surface area (Å²) in [6.45, 7) is 4.48. The maximum absolute atomic E-state index is 3.22. The summed E-state index contributed by atoms with van der Waals surface area (Å²) in [5.74, 6) is 0.832. The molecule has 0 saturated carbocycles. The Hall–Kier alpha value is 0.220. The van der Waals surface area contributed by atoms with E-state index in [9.17, 15) is 0 Å². The van der Waals surface area contributed by atoms with E-state index in [0.717, 1.165) is 5.92 Å². The molecule has 0 rings (SSSR count). The molecule has 0 atom stereocenters. The molecule has 0 N–H and O–H groups in total. The summed E-state index contributed by atoms with van der Waals surface area (Å²) in [5.41, 5.74) is 0. The van der Waals surface area contributed by atoms with Crippen LogP contribution in [0.4, 0.5) is 0 Å². The summed E-state index contributed by atoms with van der Waals surface area (Å²) in [6.07, 6.45) is 4.63. The lowest BCUT2D eigenvalue weighted by Crippen LogP contribution is -1.82. The smallest absolute Gasteiger partial charge is 0.0229 e. The molecule has 0 unspecified atom stereocenters. The number of hydrogen-bond donors (Lipinski definition) is 0. The monoisotopic (exact) mass is 176 g/mol. The second-order valence-corrected chi connectivity index (χ2v) is 2.86. The highest BCUT2D eigenvalue weighted by atomic mass is 79.9. The zero-order chi connectivity index (χ0) is 6.41. The van der Waals surface area contributed by atoms with E-state index in [0.29, 0.717) is 0 Å². The highest BCUT2D eigenvalue weighted by Gasteiger charge is 1.87. The van der Waals surface area contributed by atoms with Crippen LogP contribution in [-0.4, -0.2) is 0 Å². The van der Waals surface area contributed by atoms with Crippen LogP contribution in [0.15, 0.2) is 11.1 Å². The van der Waals surface area contributed by atoms with E-state index in [1.54, 1.807) is 0 Å². The van der Waals surface area contributed by atoms with Gasteiger partial charge in [-0.1, -0.05) is 35.9 Å². The highest BCUT2D eigenvalue weighted by molar-refractivity contribution is 9.11. The quantitative estimate of drug-likeness (QED) is 0.620. The molecule has 0 fully saturated rings. The fourth-order valence-electron chi connectivity index (χ4n) is 0.493. The van der Waals surface area contributed by atoms with Crippen LogP contribution in [0, 0.1) is 5.92 Å². The number of halogens is 1. The third-order valence-electron chi connectivity index (χ3n) is 1.000. The molecular weight excluding hydrogens is 164 g/mol. The maximum Gasteiger partial charge on any atom is -0.0229 e. The lowest BCUT2D eigenvalue weighted by molar-refractivity contribution is 0.594. The third-order valence-corrected chi connectivity index (χ3v) is 1.37. The third kappa shape index (κ3) is 6.22. The molecule has 0 bridgehead atoms. The Bertz CT molecular complexity index is 64.8. The summed E-state index contributed by atoms with van der Waals surface area (Å²) in [7, 11) is 0. The zero-order valence-corrected chi connectivity index (χ0v) is 7.11. The van der Waals surface area contributed by atoms with Gasteiger partial charge >= 0.3 is 0 Å². The van der Waals surface area contributed by atoms with Crippen molar-refractivity contribution in [2.45, 2.75) is 26.7 Å². The summed E-state index contributed by atoms with van der Waals surface area (Å²) < 4.78 is 0. The van der Waals surface area contributed by atoms with Crippen molar-refractivity contribution in [2.24, 2.45) is 5.92 Å². The van der Waals surface area contributed by atoms with Crippen molar-refractivity contribution < 1.29 is 0 Å². The Kier molecular flexibility index (Phi) is 5.51. The normalized spacial score (nSPS) is 11.5. The van der Waals surface area contributed by atoms with Gasteiger partial charge in [0.2, 0.25) is 0 Å². The summed E-state index contributed by atoms with van der Waals surface area (Å²) in [6, 6.07) is 0. The van der Waals surface area contributed by atoms with Gasteiger partial charge in [0.1, 0.15) is 0 Å². The molecular formula is C7H13Br. The van der Waals surface area contributed by atoms with Crippen molar-refractivity contribution in [1.82, 2.24) is 0 Å². The number of hydrogen-bond acceptors (Lipinski definition) is 0. The van der Waals surface area contributed by atoms with E-state index in [4.69, 9.17) is 0 Å². The highest BCUT2D eigenvalue weighted by Crippen LogP contribution is 2.03. The molecule has 0 aliphatic heterocycles. The summed E-state index contributed by atoms with van der Waals surface area (Å²) >= 11 is 3.22. The molecule has 0 aliphatic carbocycles. The topological polar surface area (TPSA) is 0 Å². The first kappa shape index (κ1) is 8.22. The van der Waals surface area contributed by atoms with E-state index < -0.39 is 0 Å². The summed E-state index contributed by atoms with van der Waals surface area (Å²) in [5, 5.41) is 0. The van der Waals surface area contributed by atoms with Crippen LogP contribution in [0.25, 0.3) is 0 Å². The van der Waals surface area contributed by atoms with Gasteiger partial charge in [0.05, 0.1) is 0 Å². The lowest BCUT2D eigenvalue weighted by atomic mass is 10.1. The molecule has 0 spiro atoms. The Balaban J connectivity index is 2.93. The average Bonchev–Trinajstić information content (AvgIpc) is 1.66. The van der Waals surface area contributed by atoms with Gasteiger partial charge in [-0.25, -0.2) is 0 Å². The fourth-order valence-corrected chi connectivity index (χ4v) is 0.757. The molecule has 0 amide bonds. The predicted octanol–water partition coefficient (Wildman–Crippen LogP) is 3.33. The van der Waals surface area contributed by atoms with Crippen molar-refractivity contribution in [3.05, 3.63) is 11.1 Å². The predicted molar refractivity (Wildman–Crippen MR) is 42.1 cm³/mol. The first-order chi connectivity index (χ1) is 3.77. The Labute approximate surface area is 60.1 Å². The van der Waals surface area contributed by atoms with Gasteiger partial charge in [-0.05, 0) is 23.7 Å². The van der Waals surface area contributed by atoms with Gasteiger partial charge in [0.25, 0.3) is 0 Å². The van der Waals surface area contributed by atoms with E-state index in [-0.39, 0.29) is 0 Å². The minimum atomic E-state index is 0.832. The molecule has 1 heteroatoms. The Morgan fingerprint density at radius 2 is 2.12 bits per heavy atom. The lowest BCUT2D eigenvalue weighted by Gasteiger charge is -1.97. The molecule has 8 heavy (non-hydrogen) atoms. The number of allylic oxidation sites excluding steroid dienone is 1. The van der Waals surface area contributed by atoms with E-state index >= 15 is 0 Å². The van der Waals surface area contributed by atoms with Crippen molar-refractivity contribution in [3.63, 3.8) is 0 Å². The second-order valence-electron chi connectivity index (χ2n) is 2.33. The van der Waals surface area contributed by atoms with Gasteiger partial charge in [-0.15, -0.1) is 0 Å². The van der Waals surface area contributed by atoms with E-state index in [1.807, 2.05) is 4.99 Å². The molecule has 0 aromatic carbocycles. The van der Waals surface area contributed by atoms with Crippen molar-refractivity contribution >= 4 is 15.9 Å². The van der Waals surface area contributed by atoms with Crippen LogP contribution >= 0.6 is 15.9 Å². The van der Waals surface area contributed by atoms with Gasteiger partial charge in [-0.3, -0.25) is 0 Å². The Morgan fingerprint density at radius 3 is 2.50 bits per heavy atom. The van der Waals surface area contributed by atoms with Gasteiger partial charge in [-0.2, -0.15) is 0 Å². The van der Waals surface area contributed by atoms with Crippen LogP contribution in [0.2, 0.25) is 0 Å². The van der Waals surface area contributed by atoms with Crippen LogP contribution in [-0.2, 0) is 0 Å². The molecule has 0 aromatic rings. The average molecular weight is 177 g/mol. The zero-order valence-electron chi connectivity index (χ0n) is 5.52. The standard InChI is InChI=1S/C7H13Br/c1-7(2)5-3-4-6-8/h4,6-7H,3,5H2,1-2H3/b6-4+. The molecule has 0 heterocycles. The van der Waals surface area contributed by atoms with E-state index in [2.05, 4.69) is 35.9 Å². The minimum Gasteiger partial charge on any atom is -0.0776 e.